The van der Waals surface area contributed by atoms with Crippen LogP contribution in [0.5, 0.6) is 0 Å². The quantitative estimate of drug-likeness (QED) is 0.194. The van der Waals surface area contributed by atoms with Crippen molar-refractivity contribution in [1.29, 1.82) is 0 Å². The Hall–Kier alpha value is -4.75. The highest BCUT2D eigenvalue weighted by molar-refractivity contribution is 5.84. The molecule has 0 spiro atoms. The standard InChI is InChI=1S/C43H33N/c1-40-28-13-5-7-15-30(28)41(2,31-16-8-6-14-29(31)40)37-24-26(20-21-34(37)40)27-12-11-19-36-39(27)43(4)33-18-10-9-17-32(33)42(36,3)38-25-44-23-22-35(38)43/h5-25H,1-4H3. The van der Waals surface area contributed by atoms with E-state index in [1.54, 1.807) is 0 Å². The first-order chi connectivity index (χ1) is 21.3. The van der Waals surface area contributed by atoms with Crippen LogP contribution in [-0.4, -0.2) is 4.98 Å². The highest BCUT2D eigenvalue weighted by Gasteiger charge is 2.57. The molecule has 0 fully saturated rings. The maximum atomic E-state index is 4.64. The van der Waals surface area contributed by atoms with E-state index in [1.807, 2.05) is 6.20 Å². The lowest BCUT2D eigenvalue weighted by atomic mass is 9.47. The second-order valence-corrected chi connectivity index (χ2v) is 14.0. The van der Waals surface area contributed by atoms with Crippen molar-refractivity contribution in [2.75, 3.05) is 0 Å². The summed E-state index contributed by atoms with van der Waals surface area (Å²) in [5, 5.41) is 0. The molecule has 2 atom stereocenters. The predicted octanol–water partition coefficient (Wildman–Crippen LogP) is 9.42. The minimum Gasteiger partial charge on any atom is -0.264 e. The summed E-state index contributed by atoms with van der Waals surface area (Å²) in [6.45, 7) is 9.75. The van der Waals surface area contributed by atoms with Crippen LogP contribution < -0.4 is 0 Å². The number of rotatable bonds is 1. The van der Waals surface area contributed by atoms with Crippen molar-refractivity contribution in [3.8, 4) is 11.1 Å². The van der Waals surface area contributed by atoms with E-state index in [9.17, 15) is 0 Å². The molecule has 12 rings (SSSR count). The fourth-order valence-corrected chi connectivity index (χ4v) is 10.3. The summed E-state index contributed by atoms with van der Waals surface area (Å²) in [6.07, 6.45) is 4.09. The summed E-state index contributed by atoms with van der Waals surface area (Å²) in [5.41, 5.74) is 18.7. The van der Waals surface area contributed by atoms with Gasteiger partial charge >= 0.3 is 0 Å². The third kappa shape index (κ3) is 2.42. The van der Waals surface area contributed by atoms with Crippen LogP contribution in [0.15, 0.2) is 128 Å². The predicted molar refractivity (Wildman–Crippen MR) is 178 cm³/mol. The summed E-state index contributed by atoms with van der Waals surface area (Å²) in [6, 6.07) is 44.1. The van der Waals surface area contributed by atoms with Crippen LogP contribution in [0.3, 0.4) is 0 Å². The van der Waals surface area contributed by atoms with Crippen LogP contribution in [0, 0.1) is 0 Å². The molecule has 0 saturated carbocycles. The Morgan fingerprint density at radius 1 is 0.386 bits per heavy atom. The van der Waals surface area contributed by atoms with Gasteiger partial charge in [-0.15, -0.1) is 0 Å². The molecule has 0 radical (unpaired) electrons. The van der Waals surface area contributed by atoms with E-state index < -0.39 is 0 Å². The maximum Gasteiger partial charge on any atom is 0.0448 e. The highest BCUT2D eigenvalue weighted by atomic mass is 14.7. The van der Waals surface area contributed by atoms with Gasteiger partial charge in [0, 0.05) is 34.1 Å². The Morgan fingerprint density at radius 2 is 0.841 bits per heavy atom. The zero-order valence-corrected chi connectivity index (χ0v) is 25.6. The molecule has 0 aliphatic heterocycles. The maximum absolute atomic E-state index is 4.64. The summed E-state index contributed by atoms with van der Waals surface area (Å²) in [5.74, 6) is 0. The third-order valence-corrected chi connectivity index (χ3v) is 12.4. The van der Waals surface area contributed by atoms with Crippen LogP contribution in [-0.2, 0) is 21.7 Å². The van der Waals surface area contributed by atoms with Gasteiger partial charge in [-0.1, -0.05) is 103 Å². The van der Waals surface area contributed by atoms with E-state index in [-0.39, 0.29) is 21.7 Å². The molecule has 1 heteroatoms. The Kier molecular flexibility index (Phi) is 4.29. The van der Waals surface area contributed by atoms with Gasteiger partial charge in [-0.3, -0.25) is 4.98 Å². The molecule has 210 valence electrons. The molecule has 1 aromatic heterocycles. The molecule has 0 saturated heterocycles. The van der Waals surface area contributed by atoms with Gasteiger partial charge in [0.15, 0.2) is 0 Å². The SMILES string of the molecule is CC12c3ccccc3C(C)(c3ccccc31)c1cc(-c3cccc4c3C3(C)c5ccccc5C4(C)c4cnccc43)ccc12. The average Bonchev–Trinajstić information content (AvgIpc) is 3.08. The molecule has 6 aromatic rings. The van der Waals surface area contributed by atoms with Gasteiger partial charge in [0.25, 0.3) is 0 Å². The van der Waals surface area contributed by atoms with E-state index in [2.05, 4.69) is 154 Å². The van der Waals surface area contributed by atoms with Crippen LogP contribution in [0.4, 0.5) is 0 Å². The monoisotopic (exact) mass is 563 g/mol. The van der Waals surface area contributed by atoms with Crippen LogP contribution in [0.25, 0.3) is 11.1 Å². The molecule has 5 aromatic carbocycles. The number of hydrogen-bond acceptors (Lipinski definition) is 1. The zero-order chi connectivity index (χ0) is 29.6. The molecule has 1 heterocycles. The topological polar surface area (TPSA) is 12.9 Å². The minimum absolute atomic E-state index is 0.182. The Bertz CT molecular complexity index is 2160. The number of benzene rings is 5. The number of aromatic nitrogens is 1. The Labute approximate surface area is 259 Å². The van der Waals surface area contributed by atoms with E-state index in [0.717, 1.165) is 0 Å². The molecular formula is C43H33N. The van der Waals surface area contributed by atoms with Crippen molar-refractivity contribution >= 4 is 0 Å². The van der Waals surface area contributed by atoms with E-state index in [0.29, 0.717) is 0 Å². The van der Waals surface area contributed by atoms with Gasteiger partial charge in [-0.05, 0) is 118 Å². The average molecular weight is 564 g/mol. The minimum atomic E-state index is -0.275. The van der Waals surface area contributed by atoms with Crippen LogP contribution in [0.1, 0.15) is 94.5 Å². The van der Waals surface area contributed by atoms with E-state index in [4.69, 9.17) is 0 Å². The fourth-order valence-electron chi connectivity index (χ4n) is 10.3. The molecule has 0 amide bonds. The molecule has 1 nitrogen and oxygen atoms in total. The Morgan fingerprint density at radius 3 is 1.43 bits per heavy atom. The number of pyridine rings is 1. The fraction of sp³-hybridized carbons (Fsp3) is 0.186. The summed E-state index contributed by atoms with van der Waals surface area (Å²) in [7, 11) is 0. The van der Waals surface area contributed by atoms with Gasteiger partial charge in [0.05, 0.1) is 0 Å². The zero-order valence-electron chi connectivity index (χ0n) is 25.6. The largest absolute Gasteiger partial charge is 0.264 e. The number of nitrogens with zero attached hydrogens (tertiary/aromatic N) is 1. The Balaban J connectivity index is 1.27. The van der Waals surface area contributed by atoms with E-state index in [1.165, 1.54) is 77.9 Å². The van der Waals surface area contributed by atoms with Gasteiger partial charge in [-0.25, -0.2) is 0 Å². The highest BCUT2D eigenvalue weighted by Crippen LogP contribution is 2.65. The van der Waals surface area contributed by atoms with Crippen LogP contribution >= 0.6 is 0 Å². The van der Waals surface area contributed by atoms with Crippen molar-refractivity contribution in [3.63, 3.8) is 0 Å². The molecule has 6 aliphatic rings. The first kappa shape index (κ1) is 24.7. The summed E-state index contributed by atoms with van der Waals surface area (Å²) >= 11 is 0. The van der Waals surface area contributed by atoms with Gasteiger partial charge in [-0.2, -0.15) is 0 Å². The molecular weight excluding hydrogens is 530 g/mol. The van der Waals surface area contributed by atoms with Crippen molar-refractivity contribution in [2.45, 2.75) is 49.4 Å². The van der Waals surface area contributed by atoms with Crippen molar-refractivity contribution in [2.24, 2.45) is 0 Å². The summed E-state index contributed by atoms with van der Waals surface area (Å²) in [4.78, 5) is 4.64. The third-order valence-electron chi connectivity index (χ3n) is 12.4. The van der Waals surface area contributed by atoms with Gasteiger partial charge < -0.3 is 0 Å². The lowest BCUT2D eigenvalue weighted by Gasteiger charge is -2.55. The second kappa shape index (κ2) is 7.66. The van der Waals surface area contributed by atoms with Gasteiger partial charge in [0.1, 0.15) is 0 Å². The van der Waals surface area contributed by atoms with Crippen molar-refractivity contribution < 1.29 is 0 Å². The first-order valence-corrected chi connectivity index (χ1v) is 15.9. The smallest absolute Gasteiger partial charge is 0.0448 e. The summed E-state index contributed by atoms with van der Waals surface area (Å²) < 4.78 is 0. The lowest BCUT2D eigenvalue weighted by molar-refractivity contribution is 0.509. The lowest BCUT2D eigenvalue weighted by Crippen LogP contribution is -2.48. The van der Waals surface area contributed by atoms with E-state index >= 15 is 0 Å². The number of hydrogen-bond donors (Lipinski definition) is 0. The van der Waals surface area contributed by atoms with Gasteiger partial charge in [0.2, 0.25) is 0 Å². The molecule has 6 aliphatic carbocycles. The molecule has 4 bridgehead atoms. The van der Waals surface area contributed by atoms with Crippen LogP contribution in [0.2, 0.25) is 0 Å². The molecule has 44 heavy (non-hydrogen) atoms. The second-order valence-electron chi connectivity index (χ2n) is 14.0. The van der Waals surface area contributed by atoms with Crippen molar-refractivity contribution in [3.05, 3.63) is 194 Å². The molecule has 0 N–H and O–H groups in total. The molecule has 2 unspecified atom stereocenters. The first-order valence-electron chi connectivity index (χ1n) is 15.9. The normalized spacial score (nSPS) is 27.5. The van der Waals surface area contributed by atoms with Crippen molar-refractivity contribution in [1.82, 2.24) is 4.98 Å².